The van der Waals surface area contributed by atoms with Gasteiger partial charge in [0, 0.05) is 18.2 Å². The molecule has 1 N–H and O–H groups in total. The van der Waals surface area contributed by atoms with Crippen LogP contribution in [0.5, 0.6) is 0 Å². The van der Waals surface area contributed by atoms with Crippen LogP contribution in [0.1, 0.15) is 45.6 Å². The molecule has 1 aromatic carbocycles. The van der Waals surface area contributed by atoms with E-state index in [1.807, 2.05) is 0 Å². The Hall–Kier alpha value is -0.960. The van der Waals surface area contributed by atoms with Crippen LogP contribution in [0.2, 0.25) is 0 Å². The van der Waals surface area contributed by atoms with Crippen molar-refractivity contribution in [1.82, 2.24) is 5.32 Å². The molecule has 3 unspecified atom stereocenters. The topological polar surface area (TPSA) is 12.0 Å². The molecular formula is C17H23F2N. The van der Waals surface area contributed by atoms with E-state index >= 15 is 0 Å². The highest BCUT2D eigenvalue weighted by atomic mass is 19.2. The molecule has 2 aliphatic rings. The van der Waals surface area contributed by atoms with Crippen molar-refractivity contribution < 1.29 is 8.78 Å². The molecule has 2 saturated carbocycles. The van der Waals surface area contributed by atoms with E-state index in [0.717, 1.165) is 12.3 Å². The largest absolute Gasteiger partial charge is 0.309 e. The second-order valence-electron chi connectivity index (χ2n) is 7.26. The third kappa shape index (κ3) is 1.82. The highest BCUT2D eigenvalue weighted by Gasteiger charge is 2.60. The van der Waals surface area contributed by atoms with Crippen LogP contribution in [-0.2, 0) is 6.54 Å². The lowest BCUT2D eigenvalue weighted by Crippen LogP contribution is -2.44. The number of hydrogen-bond acceptors (Lipinski definition) is 1. The van der Waals surface area contributed by atoms with E-state index in [2.05, 4.69) is 26.1 Å². The molecule has 0 aromatic heterocycles. The predicted octanol–water partition coefficient (Wildman–Crippen LogP) is 4.27. The average Bonchev–Trinajstić information content (AvgIpc) is 2.73. The maximum atomic E-state index is 13.7. The summed E-state index contributed by atoms with van der Waals surface area (Å²) in [4.78, 5) is 0. The van der Waals surface area contributed by atoms with E-state index in [4.69, 9.17) is 0 Å². The predicted molar refractivity (Wildman–Crippen MR) is 76.2 cm³/mol. The van der Waals surface area contributed by atoms with Crippen LogP contribution >= 0.6 is 0 Å². The molecule has 110 valence electrons. The molecule has 0 saturated heterocycles. The minimum Gasteiger partial charge on any atom is -0.309 e. The van der Waals surface area contributed by atoms with Gasteiger partial charge in [-0.1, -0.05) is 32.9 Å². The van der Waals surface area contributed by atoms with Gasteiger partial charge in [-0.2, -0.15) is 0 Å². The molecule has 3 heteroatoms. The molecule has 0 aliphatic heterocycles. The molecule has 20 heavy (non-hydrogen) atoms. The molecule has 2 fully saturated rings. The van der Waals surface area contributed by atoms with Gasteiger partial charge >= 0.3 is 0 Å². The summed E-state index contributed by atoms with van der Waals surface area (Å²) in [6.07, 6.45) is 3.68. The molecule has 3 rings (SSSR count). The fourth-order valence-corrected chi connectivity index (χ4v) is 4.43. The van der Waals surface area contributed by atoms with Crippen LogP contribution in [0.3, 0.4) is 0 Å². The number of halogens is 2. The van der Waals surface area contributed by atoms with Gasteiger partial charge in [0.15, 0.2) is 11.6 Å². The Bertz CT molecular complexity index is 526. The van der Waals surface area contributed by atoms with E-state index in [1.54, 1.807) is 12.1 Å². The molecule has 0 radical (unpaired) electrons. The van der Waals surface area contributed by atoms with Crippen LogP contribution in [0.15, 0.2) is 18.2 Å². The monoisotopic (exact) mass is 279 g/mol. The Morgan fingerprint density at radius 1 is 1.25 bits per heavy atom. The zero-order valence-electron chi connectivity index (χ0n) is 12.5. The van der Waals surface area contributed by atoms with Crippen LogP contribution in [0, 0.1) is 28.4 Å². The van der Waals surface area contributed by atoms with Gasteiger partial charge in [-0.25, -0.2) is 8.78 Å². The number of fused-ring (bicyclic) bond motifs is 2. The van der Waals surface area contributed by atoms with Gasteiger partial charge < -0.3 is 5.32 Å². The van der Waals surface area contributed by atoms with Gasteiger partial charge in [0.1, 0.15) is 0 Å². The van der Waals surface area contributed by atoms with Gasteiger partial charge in [0.2, 0.25) is 0 Å². The SMILES string of the molecule is CC1(C)C2CCC1(C)C(NCc1cccc(F)c1F)C2. The first-order chi connectivity index (χ1) is 9.36. The summed E-state index contributed by atoms with van der Waals surface area (Å²) in [6.45, 7) is 7.47. The highest BCUT2D eigenvalue weighted by molar-refractivity contribution is 5.20. The summed E-state index contributed by atoms with van der Waals surface area (Å²) >= 11 is 0. The first kappa shape index (κ1) is 14.0. The Kier molecular flexibility index (Phi) is 3.16. The Morgan fingerprint density at radius 2 is 2.00 bits per heavy atom. The van der Waals surface area contributed by atoms with Crippen molar-refractivity contribution in [3.8, 4) is 0 Å². The fourth-order valence-electron chi connectivity index (χ4n) is 4.43. The second-order valence-corrected chi connectivity index (χ2v) is 7.26. The molecule has 1 aromatic rings. The van der Waals surface area contributed by atoms with Gasteiger partial charge in [0.25, 0.3) is 0 Å². The van der Waals surface area contributed by atoms with Crippen LogP contribution in [0.25, 0.3) is 0 Å². The molecule has 2 aliphatic carbocycles. The summed E-state index contributed by atoms with van der Waals surface area (Å²) in [6, 6.07) is 4.80. The normalized spacial score (nSPS) is 34.6. The van der Waals surface area contributed by atoms with E-state index < -0.39 is 11.6 Å². The maximum Gasteiger partial charge on any atom is 0.163 e. The van der Waals surface area contributed by atoms with Gasteiger partial charge in [0.05, 0.1) is 0 Å². The lowest BCUT2D eigenvalue weighted by atomic mass is 9.69. The van der Waals surface area contributed by atoms with Crippen molar-refractivity contribution in [3.63, 3.8) is 0 Å². The van der Waals surface area contributed by atoms with Crippen molar-refractivity contribution in [3.05, 3.63) is 35.4 Å². The van der Waals surface area contributed by atoms with Crippen molar-refractivity contribution in [2.24, 2.45) is 16.7 Å². The van der Waals surface area contributed by atoms with Gasteiger partial charge in [-0.05, 0) is 42.1 Å². The van der Waals surface area contributed by atoms with Gasteiger partial charge in [-0.3, -0.25) is 0 Å². The molecule has 0 spiro atoms. The van der Waals surface area contributed by atoms with E-state index in [1.165, 1.54) is 18.9 Å². The van der Waals surface area contributed by atoms with Crippen molar-refractivity contribution in [2.45, 2.75) is 52.6 Å². The summed E-state index contributed by atoms with van der Waals surface area (Å²) < 4.78 is 26.9. The zero-order valence-corrected chi connectivity index (χ0v) is 12.5. The van der Waals surface area contributed by atoms with E-state index in [0.29, 0.717) is 23.6 Å². The number of hydrogen-bond donors (Lipinski definition) is 1. The highest BCUT2D eigenvalue weighted by Crippen LogP contribution is 2.65. The Morgan fingerprint density at radius 3 is 2.60 bits per heavy atom. The third-order valence-electron chi connectivity index (χ3n) is 6.36. The summed E-state index contributed by atoms with van der Waals surface area (Å²) in [5, 5.41) is 3.49. The van der Waals surface area contributed by atoms with E-state index in [9.17, 15) is 8.78 Å². The summed E-state index contributed by atoms with van der Waals surface area (Å²) in [7, 11) is 0. The smallest absolute Gasteiger partial charge is 0.163 e. The lowest BCUT2D eigenvalue weighted by Gasteiger charge is -2.39. The second kappa shape index (κ2) is 4.52. The zero-order chi connectivity index (χ0) is 14.5. The lowest BCUT2D eigenvalue weighted by molar-refractivity contribution is 0.120. The van der Waals surface area contributed by atoms with E-state index in [-0.39, 0.29) is 5.41 Å². The van der Waals surface area contributed by atoms with Crippen LogP contribution in [0.4, 0.5) is 8.78 Å². The molecule has 1 nitrogen and oxygen atoms in total. The van der Waals surface area contributed by atoms with Crippen molar-refractivity contribution in [1.29, 1.82) is 0 Å². The van der Waals surface area contributed by atoms with Crippen molar-refractivity contribution >= 4 is 0 Å². The Balaban J connectivity index is 1.73. The Labute approximate surface area is 119 Å². The molecule has 3 atom stereocenters. The minimum atomic E-state index is -0.760. The third-order valence-corrected chi connectivity index (χ3v) is 6.36. The average molecular weight is 279 g/mol. The number of rotatable bonds is 3. The summed E-state index contributed by atoms with van der Waals surface area (Å²) in [5.41, 5.74) is 1.03. The fraction of sp³-hybridized carbons (Fsp3) is 0.647. The first-order valence-corrected chi connectivity index (χ1v) is 7.52. The quantitative estimate of drug-likeness (QED) is 0.871. The minimum absolute atomic E-state index is 0.265. The van der Waals surface area contributed by atoms with Crippen LogP contribution < -0.4 is 5.32 Å². The molecular weight excluding hydrogens is 256 g/mol. The number of nitrogens with one attached hydrogen (secondary N) is 1. The maximum absolute atomic E-state index is 13.7. The van der Waals surface area contributed by atoms with Crippen molar-refractivity contribution in [2.75, 3.05) is 0 Å². The molecule has 2 bridgehead atoms. The van der Waals surface area contributed by atoms with Gasteiger partial charge in [-0.15, -0.1) is 0 Å². The van der Waals surface area contributed by atoms with Crippen LogP contribution in [-0.4, -0.2) is 6.04 Å². The standard InChI is InChI=1S/C17H23F2N/c1-16(2)12-7-8-17(16,3)14(9-12)20-10-11-5-4-6-13(18)15(11)19/h4-6,12,14,20H,7-10H2,1-3H3. The summed E-state index contributed by atoms with van der Waals surface area (Å²) in [5.74, 6) is -0.723. The molecule has 0 heterocycles. The number of benzene rings is 1. The molecule has 0 amide bonds. The first-order valence-electron chi connectivity index (χ1n) is 7.52.